The summed E-state index contributed by atoms with van der Waals surface area (Å²) in [5, 5.41) is 12.4. The molecule has 1 aromatic heterocycles. The molecule has 3 rings (SSSR count). The molecule has 6 heteroatoms. The van der Waals surface area contributed by atoms with Crippen molar-refractivity contribution in [3.8, 4) is 5.75 Å². The van der Waals surface area contributed by atoms with Crippen LogP contribution in [0.25, 0.3) is 11.8 Å². The number of benzene rings is 1. The van der Waals surface area contributed by atoms with Crippen LogP contribution in [0.5, 0.6) is 5.75 Å². The Labute approximate surface area is 166 Å². The van der Waals surface area contributed by atoms with E-state index in [9.17, 15) is 9.90 Å². The SMILES string of the molecule is C=CC(=O)NCC.N/C(=C\c1cc(C2CCCC2)[nH]c1N)c1ccccc1O. The third-order valence-corrected chi connectivity index (χ3v) is 4.76. The second-order valence-electron chi connectivity index (χ2n) is 6.79. The molecule has 1 aliphatic carbocycles. The molecule has 0 unspecified atom stereocenters. The van der Waals surface area contributed by atoms with Crippen LogP contribution < -0.4 is 16.8 Å². The Hall–Kier alpha value is -3.15. The molecule has 7 N–H and O–H groups in total. The Balaban J connectivity index is 0.000000345. The number of nitrogens with one attached hydrogen (secondary N) is 2. The van der Waals surface area contributed by atoms with Gasteiger partial charge in [-0.2, -0.15) is 0 Å². The Kier molecular flexibility index (Phi) is 7.75. The predicted molar refractivity (Wildman–Crippen MR) is 115 cm³/mol. The molecule has 0 saturated heterocycles. The summed E-state index contributed by atoms with van der Waals surface area (Å²) in [6.45, 7) is 5.80. The molecule has 6 nitrogen and oxygen atoms in total. The number of phenols is 1. The van der Waals surface area contributed by atoms with Gasteiger partial charge in [0, 0.05) is 29.1 Å². The van der Waals surface area contributed by atoms with Gasteiger partial charge in [-0.05, 0) is 56.0 Å². The Morgan fingerprint density at radius 3 is 2.61 bits per heavy atom. The van der Waals surface area contributed by atoms with Crippen molar-refractivity contribution in [1.29, 1.82) is 0 Å². The second kappa shape index (κ2) is 10.3. The summed E-state index contributed by atoms with van der Waals surface area (Å²) >= 11 is 0. The molecule has 0 spiro atoms. The molecule has 2 aromatic rings. The van der Waals surface area contributed by atoms with Crippen LogP contribution in [0.2, 0.25) is 0 Å². The van der Waals surface area contributed by atoms with Crippen LogP contribution in [0.15, 0.2) is 43.0 Å². The zero-order valence-electron chi connectivity index (χ0n) is 16.4. The highest BCUT2D eigenvalue weighted by atomic mass is 16.3. The van der Waals surface area contributed by atoms with E-state index in [1.165, 1.54) is 37.5 Å². The number of hydrogen-bond acceptors (Lipinski definition) is 4. The van der Waals surface area contributed by atoms with Gasteiger partial charge in [0.05, 0.1) is 0 Å². The summed E-state index contributed by atoms with van der Waals surface area (Å²) in [5.74, 6) is 1.29. The molecule has 28 heavy (non-hydrogen) atoms. The molecule has 1 amide bonds. The Bertz CT molecular complexity index is 833. The number of carbonyl (C=O) groups excluding carboxylic acids is 1. The molecule has 150 valence electrons. The lowest BCUT2D eigenvalue weighted by atomic mass is 10.0. The van der Waals surface area contributed by atoms with E-state index in [1.54, 1.807) is 18.2 Å². The summed E-state index contributed by atoms with van der Waals surface area (Å²) in [6, 6.07) is 9.12. The largest absolute Gasteiger partial charge is 0.507 e. The Morgan fingerprint density at radius 2 is 2.04 bits per heavy atom. The van der Waals surface area contributed by atoms with Gasteiger partial charge in [-0.15, -0.1) is 0 Å². The smallest absolute Gasteiger partial charge is 0.243 e. The maximum Gasteiger partial charge on any atom is 0.243 e. The van der Waals surface area contributed by atoms with Crippen molar-refractivity contribution in [1.82, 2.24) is 10.3 Å². The molecule has 1 aliphatic rings. The number of likely N-dealkylation sites (N-methyl/N-ethyl adjacent to an activating group) is 1. The zero-order chi connectivity index (χ0) is 20.5. The van der Waals surface area contributed by atoms with Crippen LogP contribution in [0.1, 0.15) is 55.3 Å². The lowest BCUT2D eigenvalue weighted by Crippen LogP contribution is -2.19. The van der Waals surface area contributed by atoms with Gasteiger partial charge in [0.25, 0.3) is 0 Å². The topological polar surface area (TPSA) is 117 Å². The minimum Gasteiger partial charge on any atom is -0.507 e. The number of nitrogens with two attached hydrogens (primary N) is 2. The van der Waals surface area contributed by atoms with Gasteiger partial charge in [-0.1, -0.05) is 31.6 Å². The normalized spacial score (nSPS) is 14.2. The summed E-state index contributed by atoms with van der Waals surface area (Å²) < 4.78 is 0. The van der Waals surface area contributed by atoms with Crippen molar-refractivity contribution >= 4 is 23.5 Å². The second-order valence-corrected chi connectivity index (χ2v) is 6.79. The lowest BCUT2D eigenvalue weighted by molar-refractivity contribution is -0.116. The fourth-order valence-corrected chi connectivity index (χ4v) is 3.29. The number of rotatable bonds is 5. The van der Waals surface area contributed by atoms with Gasteiger partial charge in [0.15, 0.2) is 0 Å². The van der Waals surface area contributed by atoms with Crippen molar-refractivity contribution < 1.29 is 9.90 Å². The highest BCUT2D eigenvalue weighted by molar-refractivity contribution is 5.86. The van der Waals surface area contributed by atoms with Crippen molar-refractivity contribution in [2.45, 2.75) is 38.5 Å². The van der Waals surface area contributed by atoms with Gasteiger partial charge < -0.3 is 26.9 Å². The average Bonchev–Trinajstić information content (AvgIpc) is 3.33. The van der Waals surface area contributed by atoms with Crippen molar-refractivity contribution in [3.05, 3.63) is 59.8 Å². The van der Waals surface area contributed by atoms with Crippen LogP contribution in [-0.4, -0.2) is 22.5 Å². The van der Waals surface area contributed by atoms with Crippen LogP contribution >= 0.6 is 0 Å². The predicted octanol–water partition coefficient (Wildman–Crippen LogP) is 3.73. The molecular weight excluding hydrogens is 352 g/mol. The summed E-state index contributed by atoms with van der Waals surface area (Å²) in [5.41, 5.74) is 15.4. The standard InChI is InChI=1S/C17H21N3O.C5H9NO/c18-14(13-7-3-4-8-16(13)21)9-12-10-15(20-17(12)19)11-5-1-2-6-11;1-3-5(7)6-4-2/h3-4,7-11,20-21H,1-2,5-6,18-19H2;3H,1,4H2,2H3,(H,6,7)/b14-9-;. The molecule has 1 aromatic carbocycles. The van der Waals surface area contributed by atoms with E-state index in [-0.39, 0.29) is 11.7 Å². The summed E-state index contributed by atoms with van der Waals surface area (Å²) in [4.78, 5) is 13.5. The molecule has 0 bridgehead atoms. The van der Waals surface area contributed by atoms with Gasteiger partial charge >= 0.3 is 0 Å². The van der Waals surface area contributed by atoms with Gasteiger partial charge in [-0.3, -0.25) is 4.79 Å². The van der Waals surface area contributed by atoms with Crippen molar-refractivity contribution in [2.75, 3.05) is 12.3 Å². The van der Waals surface area contributed by atoms with E-state index in [0.717, 1.165) is 5.56 Å². The number of aromatic hydroxyl groups is 1. The number of para-hydroxylation sites is 1. The van der Waals surface area contributed by atoms with Crippen LogP contribution in [0.3, 0.4) is 0 Å². The first-order chi connectivity index (χ1) is 13.5. The molecule has 0 aliphatic heterocycles. The molecule has 1 fully saturated rings. The third-order valence-electron chi connectivity index (χ3n) is 4.76. The van der Waals surface area contributed by atoms with Gasteiger partial charge in [-0.25, -0.2) is 0 Å². The monoisotopic (exact) mass is 382 g/mol. The number of anilines is 1. The van der Waals surface area contributed by atoms with E-state index >= 15 is 0 Å². The number of nitrogen functional groups attached to an aromatic ring is 1. The number of phenolic OH excluding ortho intramolecular Hbond substituents is 1. The van der Waals surface area contributed by atoms with Crippen LogP contribution in [-0.2, 0) is 4.79 Å². The van der Waals surface area contributed by atoms with Gasteiger partial charge in [0.1, 0.15) is 11.6 Å². The number of carbonyl (C=O) groups is 1. The maximum atomic E-state index is 10.2. The van der Waals surface area contributed by atoms with E-state index in [4.69, 9.17) is 11.5 Å². The number of H-pyrrole nitrogens is 1. The first-order valence-electron chi connectivity index (χ1n) is 9.60. The third kappa shape index (κ3) is 5.67. The minimum absolute atomic E-state index is 0.109. The first-order valence-corrected chi connectivity index (χ1v) is 9.60. The van der Waals surface area contributed by atoms with Gasteiger partial charge in [0.2, 0.25) is 5.91 Å². The van der Waals surface area contributed by atoms with Crippen molar-refractivity contribution in [3.63, 3.8) is 0 Å². The van der Waals surface area contributed by atoms with E-state index in [2.05, 4.69) is 22.9 Å². The number of aromatic amines is 1. The quantitative estimate of drug-likeness (QED) is 0.507. The Morgan fingerprint density at radius 1 is 1.36 bits per heavy atom. The number of aromatic nitrogens is 1. The minimum atomic E-state index is -0.109. The average molecular weight is 383 g/mol. The summed E-state index contributed by atoms with van der Waals surface area (Å²) in [6.07, 6.45) is 8.09. The number of hydrogen-bond donors (Lipinski definition) is 5. The van der Waals surface area contributed by atoms with E-state index in [0.29, 0.717) is 29.5 Å². The fourth-order valence-electron chi connectivity index (χ4n) is 3.29. The van der Waals surface area contributed by atoms with E-state index in [1.807, 2.05) is 19.1 Å². The fraction of sp³-hybridized carbons (Fsp3) is 0.318. The lowest BCUT2D eigenvalue weighted by Gasteiger charge is -2.04. The maximum absolute atomic E-state index is 10.2. The molecule has 1 heterocycles. The molecule has 1 saturated carbocycles. The molecule has 0 radical (unpaired) electrons. The summed E-state index contributed by atoms with van der Waals surface area (Å²) in [7, 11) is 0. The highest BCUT2D eigenvalue weighted by Gasteiger charge is 2.19. The molecule has 0 atom stereocenters. The highest BCUT2D eigenvalue weighted by Crippen LogP contribution is 2.35. The first kappa shape index (κ1) is 21.2. The van der Waals surface area contributed by atoms with Crippen molar-refractivity contribution in [2.24, 2.45) is 5.73 Å². The van der Waals surface area contributed by atoms with E-state index < -0.39 is 0 Å². The molecular formula is C22H30N4O2. The van der Waals surface area contributed by atoms with Crippen LogP contribution in [0.4, 0.5) is 5.82 Å². The van der Waals surface area contributed by atoms with Crippen LogP contribution in [0, 0.1) is 0 Å². The number of amides is 1. The zero-order valence-corrected chi connectivity index (χ0v) is 16.4.